The molecular formula is C12H17NO2S. The van der Waals surface area contributed by atoms with Crippen LogP contribution in [-0.2, 0) is 9.84 Å². The van der Waals surface area contributed by atoms with Crippen molar-refractivity contribution < 1.29 is 8.42 Å². The molecule has 0 fully saturated rings. The Bertz CT molecular complexity index is 468. The Morgan fingerprint density at radius 1 is 1.38 bits per heavy atom. The lowest BCUT2D eigenvalue weighted by Crippen LogP contribution is -2.17. The van der Waals surface area contributed by atoms with Gasteiger partial charge in [-0.3, -0.25) is 0 Å². The normalized spacial score (nSPS) is 21.9. The average molecular weight is 239 g/mol. The molecule has 0 aliphatic carbocycles. The van der Waals surface area contributed by atoms with Crippen LogP contribution in [0.4, 0.5) is 0 Å². The van der Waals surface area contributed by atoms with Crippen molar-refractivity contribution in [2.24, 2.45) is 0 Å². The molecule has 1 aliphatic rings. The summed E-state index contributed by atoms with van der Waals surface area (Å²) in [4.78, 5) is 0.538. The smallest absolute Gasteiger partial charge is 0.179 e. The molecule has 88 valence electrons. The van der Waals surface area contributed by atoms with Gasteiger partial charge in [-0.1, -0.05) is 25.1 Å². The van der Waals surface area contributed by atoms with Crippen molar-refractivity contribution in [1.82, 2.24) is 5.32 Å². The first-order valence-electron chi connectivity index (χ1n) is 5.67. The number of fused-ring (bicyclic) bond motifs is 1. The second-order valence-electron chi connectivity index (χ2n) is 4.16. The molecule has 1 atom stereocenters. The molecule has 1 aromatic carbocycles. The Labute approximate surface area is 96.8 Å². The van der Waals surface area contributed by atoms with Crippen molar-refractivity contribution in [3.63, 3.8) is 0 Å². The lowest BCUT2D eigenvalue weighted by molar-refractivity contribution is 0.586. The predicted octanol–water partition coefficient (Wildman–Crippen LogP) is 1.56. The average Bonchev–Trinajstić information content (AvgIpc) is 2.52. The van der Waals surface area contributed by atoms with Crippen LogP contribution in [-0.4, -0.2) is 27.3 Å². The SMILES string of the molecule is CCNCCC1CS(=O)(=O)c2ccccc21. The molecule has 1 aromatic rings. The molecule has 0 saturated carbocycles. The molecule has 0 saturated heterocycles. The van der Waals surface area contributed by atoms with E-state index in [4.69, 9.17) is 0 Å². The first-order chi connectivity index (χ1) is 7.65. The van der Waals surface area contributed by atoms with Crippen molar-refractivity contribution in [2.45, 2.75) is 24.2 Å². The van der Waals surface area contributed by atoms with Crippen molar-refractivity contribution in [3.05, 3.63) is 29.8 Å². The van der Waals surface area contributed by atoms with Gasteiger partial charge in [0.2, 0.25) is 0 Å². The van der Waals surface area contributed by atoms with Crippen LogP contribution in [0.3, 0.4) is 0 Å². The molecule has 1 heterocycles. The Morgan fingerprint density at radius 3 is 2.88 bits per heavy atom. The highest BCUT2D eigenvalue weighted by molar-refractivity contribution is 7.91. The van der Waals surface area contributed by atoms with Gasteiger partial charge in [0.15, 0.2) is 9.84 Å². The van der Waals surface area contributed by atoms with Gasteiger partial charge >= 0.3 is 0 Å². The van der Waals surface area contributed by atoms with Gasteiger partial charge in [-0.2, -0.15) is 0 Å². The fraction of sp³-hybridized carbons (Fsp3) is 0.500. The highest BCUT2D eigenvalue weighted by atomic mass is 32.2. The van der Waals surface area contributed by atoms with Gasteiger partial charge in [0.05, 0.1) is 10.6 Å². The molecule has 0 aromatic heterocycles. The number of nitrogens with one attached hydrogen (secondary N) is 1. The largest absolute Gasteiger partial charge is 0.317 e. The molecule has 2 rings (SSSR count). The van der Waals surface area contributed by atoms with E-state index < -0.39 is 9.84 Å². The van der Waals surface area contributed by atoms with Gasteiger partial charge in [-0.15, -0.1) is 0 Å². The van der Waals surface area contributed by atoms with Crippen LogP contribution in [0.5, 0.6) is 0 Å². The Kier molecular flexibility index (Phi) is 3.30. The second-order valence-corrected chi connectivity index (χ2v) is 6.16. The summed E-state index contributed by atoms with van der Waals surface area (Å²) in [6, 6.07) is 7.37. The molecule has 16 heavy (non-hydrogen) atoms. The van der Waals surface area contributed by atoms with Crippen molar-refractivity contribution in [1.29, 1.82) is 0 Å². The zero-order chi connectivity index (χ0) is 11.6. The summed E-state index contributed by atoms with van der Waals surface area (Å²) in [7, 11) is -3.02. The molecule has 1 unspecified atom stereocenters. The van der Waals surface area contributed by atoms with Gasteiger partial charge < -0.3 is 5.32 Å². The second kappa shape index (κ2) is 4.55. The van der Waals surface area contributed by atoms with E-state index in [1.165, 1.54) is 0 Å². The summed E-state index contributed by atoms with van der Waals surface area (Å²) < 4.78 is 23.8. The summed E-state index contributed by atoms with van der Waals surface area (Å²) >= 11 is 0. The van der Waals surface area contributed by atoms with E-state index in [2.05, 4.69) is 12.2 Å². The molecule has 0 amide bonds. The van der Waals surface area contributed by atoms with E-state index in [0.29, 0.717) is 4.90 Å². The Balaban J connectivity index is 2.20. The molecule has 0 bridgehead atoms. The van der Waals surface area contributed by atoms with Crippen LogP contribution >= 0.6 is 0 Å². The number of hydrogen-bond donors (Lipinski definition) is 1. The van der Waals surface area contributed by atoms with Crippen LogP contribution in [0.15, 0.2) is 29.2 Å². The third-order valence-electron chi connectivity index (χ3n) is 3.03. The van der Waals surface area contributed by atoms with Gasteiger partial charge in [-0.05, 0) is 31.1 Å². The van der Waals surface area contributed by atoms with Crippen LogP contribution < -0.4 is 5.32 Å². The standard InChI is InChI=1S/C12H17NO2S/c1-2-13-8-7-10-9-16(14,15)12-6-4-3-5-11(10)12/h3-6,10,13H,2,7-9H2,1H3. The van der Waals surface area contributed by atoms with E-state index in [1.807, 2.05) is 12.1 Å². The zero-order valence-corrected chi connectivity index (χ0v) is 10.3. The van der Waals surface area contributed by atoms with Crippen LogP contribution in [0.2, 0.25) is 0 Å². The fourth-order valence-electron chi connectivity index (χ4n) is 2.24. The molecule has 3 nitrogen and oxygen atoms in total. The maximum absolute atomic E-state index is 11.9. The summed E-state index contributed by atoms with van der Waals surface area (Å²) in [6.45, 7) is 3.87. The fourth-order valence-corrected chi connectivity index (χ4v) is 4.17. The summed E-state index contributed by atoms with van der Waals surface area (Å²) in [6.07, 6.45) is 0.893. The maximum Gasteiger partial charge on any atom is 0.179 e. The number of rotatable bonds is 4. The lowest BCUT2D eigenvalue weighted by atomic mass is 9.98. The Morgan fingerprint density at radius 2 is 2.12 bits per heavy atom. The van der Waals surface area contributed by atoms with Crippen LogP contribution in [0.1, 0.15) is 24.8 Å². The van der Waals surface area contributed by atoms with Crippen molar-refractivity contribution >= 4 is 9.84 Å². The van der Waals surface area contributed by atoms with Gasteiger partial charge in [0.1, 0.15) is 0 Å². The first kappa shape index (κ1) is 11.6. The first-order valence-corrected chi connectivity index (χ1v) is 7.33. The third-order valence-corrected chi connectivity index (χ3v) is 4.92. The number of hydrogen-bond acceptors (Lipinski definition) is 3. The van der Waals surface area contributed by atoms with Gasteiger partial charge in [0.25, 0.3) is 0 Å². The maximum atomic E-state index is 11.9. The Hall–Kier alpha value is -0.870. The van der Waals surface area contributed by atoms with Gasteiger partial charge in [-0.25, -0.2) is 8.42 Å². The van der Waals surface area contributed by atoms with E-state index >= 15 is 0 Å². The number of benzene rings is 1. The van der Waals surface area contributed by atoms with Crippen molar-refractivity contribution in [3.8, 4) is 0 Å². The minimum absolute atomic E-state index is 0.167. The van der Waals surface area contributed by atoms with E-state index in [9.17, 15) is 8.42 Å². The minimum Gasteiger partial charge on any atom is -0.317 e. The number of sulfone groups is 1. The molecular weight excluding hydrogens is 222 g/mol. The molecule has 0 spiro atoms. The summed E-state index contributed by atoms with van der Waals surface area (Å²) in [5, 5.41) is 3.24. The molecule has 1 N–H and O–H groups in total. The topological polar surface area (TPSA) is 46.2 Å². The van der Waals surface area contributed by atoms with Crippen molar-refractivity contribution in [2.75, 3.05) is 18.8 Å². The molecule has 0 radical (unpaired) electrons. The zero-order valence-electron chi connectivity index (χ0n) is 9.44. The predicted molar refractivity (Wildman–Crippen MR) is 64.4 cm³/mol. The van der Waals surface area contributed by atoms with E-state index in [1.54, 1.807) is 12.1 Å². The quantitative estimate of drug-likeness (QED) is 0.811. The van der Waals surface area contributed by atoms with Gasteiger partial charge in [0, 0.05) is 5.92 Å². The summed E-state index contributed by atoms with van der Waals surface area (Å²) in [5.41, 5.74) is 1.00. The molecule has 1 aliphatic heterocycles. The monoisotopic (exact) mass is 239 g/mol. The van der Waals surface area contributed by atoms with E-state index in [0.717, 1.165) is 25.1 Å². The lowest BCUT2D eigenvalue weighted by Gasteiger charge is -2.09. The highest BCUT2D eigenvalue weighted by Crippen LogP contribution is 2.36. The summed E-state index contributed by atoms with van der Waals surface area (Å²) in [5.74, 6) is 0.442. The van der Waals surface area contributed by atoms with Crippen LogP contribution in [0, 0.1) is 0 Å². The highest BCUT2D eigenvalue weighted by Gasteiger charge is 2.33. The minimum atomic E-state index is -3.02. The van der Waals surface area contributed by atoms with Crippen LogP contribution in [0.25, 0.3) is 0 Å². The third kappa shape index (κ3) is 2.13. The molecule has 4 heteroatoms. The van der Waals surface area contributed by atoms with E-state index in [-0.39, 0.29) is 11.7 Å².